The summed E-state index contributed by atoms with van der Waals surface area (Å²) in [4.78, 5) is 25.6. The van der Waals surface area contributed by atoms with Crippen LogP contribution in [0, 0.1) is 19.8 Å². The van der Waals surface area contributed by atoms with Gasteiger partial charge in [-0.15, -0.1) is 0 Å². The highest BCUT2D eigenvalue weighted by Crippen LogP contribution is 2.25. The number of carbonyl (C=O) groups is 2. The molecule has 0 bridgehead atoms. The van der Waals surface area contributed by atoms with Crippen LogP contribution in [0.5, 0.6) is 5.75 Å². The molecule has 1 heterocycles. The number of piperidine rings is 1. The molecule has 6 nitrogen and oxygen atoms in total. The van der Waals surface area contributed by atoms with E-state index < -0.39 is 0 Å². The molecule has 1 aliphatic heterocycles. The predicted octanol–water partition coefficient (Wildman–Crippen LogP) is 3.28. The molecule has 1 N–H and O–H groups in total. The Morgan fingerprint density at radius 3 is 2.40 bits per heavy atom. The van der Waals surface area contributed by atoms with Gasteiger partial charge in [-0.05, 0) is 56.9 Å². The molecule has 0 aromatic heterocycles. The fourth-order valence-electron chi connectivity index (χ4n) is 2.86. The molecule has 0 unspecified atom stereocenters. The number of esters is 1. The summed E-state index contributed by atoms with van der Waals surface area (Å²) in [5, 5.41) is 3.46. The minimum Gasteiger partial charge on any atom is -0.473 e. The predicted molar refractivity (Wildman–Crippen MR) is 95.9 cm³/mol. The van der Waals surface area contributed by atoms with Crippen LogP contribution in [0.25, 0.3) is 0 Å². The van der Waals surface area contributed by atoms with E-state index in [2.05, 4.69) is 5.32 Å². The number of urea groups is 1. The standard InChI is InChI=1S/C18H25ClN2O4/c1-4-24-17(22)14-5-7-21(8-6-14)18(23)20-11-25-15-9-12(2)16(19)13(3)10-15/h9-10,14H,4-8,11H2,1-3H3,(H,20,23). The summed E-state index contributed by atoms with van der Waals surface area (Å²) in [6.45, 7) is 7.16. The Morgan fingerprint density at radius 2 is 1.84 bits per heavy atom. The summed E-state index contributed by atoms with van der Waals surface area (Å²) in [6.07, 6.45) is 1.26. The maximum atomic E-state index is 12.2. The van der Waals surface area contributed by atoms with Crippen molar-refractivity contribution < 1.29 is 19.1 Å². The van der Waals surface area contributed by atoms with Crippen molar-refractivity contribution in [3.8, 4) is 5.75 Å². The Morgan fingerprint density at radius 1 is 1.24 bits per heavy atom. The quantitative estimate of drug-likeness (QED) is 0.639. The van der Waals surface area contributed by atoms with Gasteiger partial charge < -0.3 is 19.7 Å². The second kappa shape index (κ2) is 8.94. The summed E-state index contributed by atoms with van der Waals surface area (Å²) >= 11 is 6.12. The summed E-state index contributed by atoms with van der Waals surface area (Å²) in [5.41, 5.74) is 1.87. The molecular weight excluding hydrogens is 344 g/mol. The number of rotatable bonds is 5. The first-order valence-electron chi connectivity index (χ1n) is 8.51. The zero-order valence-electron chi connectivity index (χ0n) is 14.9. The van der Waals surface area contributed by atoms with E-state index in [0.717, 1.165) is 16.1 Å². The molecule has 2 rings (SSSR count). The van der Waals surface area contributed by atoms with Crippen LogP contribution in [0.3, 0.4) is 0 Å². The third-order valence-electron chi connectivity index (χ3n) is 4.27. The molecule has 0 spiro atoms. The fraction of sp³-hybridized carbons (Fsp3) is 0.556. The van der Waals surface area contributed by atoms with Crippen molar-refractivity contribution in [2.24, 2.45) is 5.92 Å². The van der Waals surface area contributed by atoms with Crippen LogP contribution in [0.4, 0.5) is 4.79 Å². The first-order chi connectivity index (χ1) is 11.9. The number of nitrogens with zero attached hydrogens (tertiary/aromatic N) is 1. The van der Waals surface area contributed by atoms with Gasteiger partial charge in [-0.25, -0.2) is 4.79 Å². The van der Waals surface area contributed by atoms with Gasteiger partial charge >= 0.3 is 12.0 Å². The number of hydrogen-bond acceptors (Lipinski definition) is 4. The molecule has 2 amide bonds. The number of likely N-dealkylation sites (tertiary alicyclic amines) is 1. The highest BCUT2D eigenvalue weighted by molar-refractivity contribution is 6.32. The van der Waals surface area contributed by atoms with Gasteiger partial charge in [-0.2, -0.15) is 0 Å². The van der Waals surface area contributed by atoms with E-state index in [-0.39, 0.29) is 24.6 Å². The lowest BCUT2D eigenvalue weighted by molar-refractivity contribution is -0.149. The average molecular weight is 369 g/mol. The summed E-state index contributed by atoms with van der Waals surface area (Å²) < 4.78 is 10.6. The van der Waals surface area contributed by atoms with Gasteiger partial charge in [0.2, 0.25) is 0 Å². The van der Waals surface area contributed by atoms with Crippen LogP contribution in [0.15, 0.2) is 12.1 Å². The van der Waals surface area contributed by atoms with E-state index in [1.807, 2.05) is 26.0 Å². The van der Waals surface area contributed by atoms with Gasteiger partial charge in [0.1, 0.15) is 5.75 Å². The lowest BCUT2D eigenvalue weighted by Gasteiger charge is -2.30. The largest absolute Gasteiger partial charge is 0.473 e. The maximum absolute atomic E-state index is 12.2. The van der Waals surface area contributed by atoms with Crippen molar-refractivity contribution in [2.45, 2.75) is 33.6 Å². The van der Waals surface area contributed by atoms with Gasteiger partial charge in [0.15, 0.2) is 6.73 Å². The smallest absolute Gasteiger partial charge is 0.320 e. The first-order valence-corrected chi connectivity index (χ1v) is 8.89. The lowest BCUT2D eigenvalue weighted by atomic mass is 9.97. The van der Waals surface area contributed by atoms with Gasteiger partial charge in [0, 0.05) is 18.1 Å². The summed E-state index contributed by atoms with van der Waals surface area (Å²) in [5.74, 6) is 0.389. The molecule has 1 saturated heterocycles. The number of carbonyl (C=O) groups excluding carboxylic acids is 2. The van der Waals surface area contributed by atoms with E-state index in [9.17, 15) is 9.59 Å². The molecule has 25 heavy (non-hydrogen) atoms. The molecule has 7 heteroatoms. The van der Waals surface area contributed by atoms with E-state index in [1.54, 1.807) is 11.8 Å². The minimum atomic E-state index is -0.190. The Kier molecular flexibility index (Phi) is 6.93. The van der Waals surface area contributed by atoms with Crippen molar-refractivity contribution in [3.63, 3.8) is 0 Å². The van der Waals surface area contributed by atoms with E-state index in [4.69, 9.17) is 21.1 Å². The molecule has 1 aromatic carbocycles. The van der Waals surface area contributed by atoms with Gasteiger partial charge in [0.25, 0.3) is 0 Å². The highest BCUT2D eigenvalue weighted by Gasteiger charge is 2.28. The molecule has 0 radical (unpaired) electrons. The van der Waals surface area contributed by atoms with Crippen LogP contribution < -0.4 is 10.1 Å². The number of nitrogens with one attached hydrogen (secondary N) is 1. The Bertz CT molecular complexity index is 604. The number of benzene rings is 1. The van der Waals surface area contributed by atoms with Crippen LogP contribution in [0.1, 0.15) is 30.9 Å². The van der Waals surface area contributed by atoms with Gasteiger partial charge in [0.05, 0.1) is 12.5 Å². The van der Waals surface area contributed by atoms with Crippen molar-refractivity contribution in [1.82, 2.24) is 10.2 Å². The molecular formula is C18H25ClN2O4. The van der Waals surface area contributed by atoms with E-state index in [0.29, 0.717) is 38.3 Å². The number of ether oxygens (including phenoxy) is 2. The normalized spacial score (nSPS) is 15.0. The first kappa shape index (κ1) is 19.4. The second-order valence-electron chi connectivity index (χ2n) is 6.16. The Hall–Kier alpha value is -1.95. The van der Waals surface area contributed by atoms with Crippen molar-refractivity contribution >= 4 is 23.6 Å². The lowest BCUT2D eigenvalue weighted by Crippen LogP contribution is -2.46. The molecule has 0 atom stereocenters. The summed E-state index contributed by atoms with van der Waals surface area (Å²) in [7, 11) is 0. The number of amides is 2. The summed E-state index contributed by atoms with van der Waals surface area (Å²) in [6, 6.07) is 3.49. The molecule has 1 aromatic rings. The van der Waals surface area contributed by atoms with E-state index in [1.165, 1.54) is 0 Å². The number of halogens is 1. The Balaban J connectivity index is 1.75. The average Bonchev–Trinajstić information content (AvgIpc) is 2.60. The zero-order chi connectivity index (χ0) is 18.4. The minimum absolute atomic E-state index is 0.0805. The monoisotopic (exact) mass is 368 g/mol. The van der Waals surface area contributed by atoms with Crippen LogP contribution in [0.2, 0.25) is 5.02 Å². The second-order valence-corrected chi connectivity index (χ2v) is 6.53. The van der Waals surface area contributed by atoms with Gasteiger partial charge in [-0.1, -0.05) is 11.6 Å². The molecule has 0 saturated carbocycles. The molecule has 0 aliphatic carbocycles. The zero-order valence-corrected chi connectivity index (χ0v) is 15.7. The molecule has 138 valence electrons. The third kappa shape index (κ3) is 5.26. The third-order valence-corrected chi connectivity index (χ3v) is 4.87. The van der Waals surface area contributed by atoms with Crippen molar-refractivity contribution in [2.75, 3.05) is 26.4 Å². The van der Waals surface area contributed by atoms with Crippen molar-refractivity contribution in [1.29, 1.82) is 0 Å². The van der Waals surface area contributed by atoms with Crippen LogP contribution in [-0.2, 0) is 9.53 Å². The van der Waals surface area contributed by atoms with E-state index >= 15 is 0 Å². The molecule has 1 aliphatic rings. The topological polar surface area (TPSA) is 67.9 Å². The van der Waals surface area contributed by atoms with Crippen LogP contribution in [-0.4, -0.2) is 43.3 Å². The maximum Gasteiger partial charge on any atom is 0.320 e. The number of hydrogen-bond donors (Lipinski definition) is 1. The number of aryl methyl sites for hydroxylation is 2. The Labute approximate surface area is 153 Å². The van der Waals surface area contributed by atoms with Crippen molar-refractivity contribution in [3.05, 3.63) is 28.3 Å². The molecule has 1 fully saturated rings. The van der Waals surface area contributed by atoms with Gasteiger partial charge in [-0.3, -0.25) is 4.79 Å². The van der Waals surface area contributed by atoms with Crippen LogP contribution >= 0.6 is 11.6 Å². The fourth-order valence-corrected chi connectivity index (χ4v) is 2.97. The SMILES string of the molecule is CCOC(=O)C1CCN(C(=O)NCOc2cc(C)c(Cl)c(C)c2)CC1. The highest BCUT2D eigenvalue weighted by atomic mass is 35.5.